The fourth-order valence-electron chi connectivity index (χ4n) is 6.26. The summed E-state index contributed by atoms with van der Waals surface area (Å²) in [6.07, 6.45) is -2.39. The van der Waals surface area contributed by atoms with Crippen LogP contribution in [0.4, 0.5) is 23.7 Å². The van der Waals surface area contributed by atoms with Crippen molar-refractivity contribution in [2.24, 2.45) is 5.41 Å². The van der Waals surface area contributed by atoms with Crippen molar-refractivity contribution in [1.82, 2.24) is 4.90 Å². The topological polar surface area (TPSA) is 76.2 Å². The highest BCUT2D eigenvalue weighted by molar-refractivity contribution is 7.93. The van der Waals surface area contributed by atoms with Crippen LogP contribution >= 0.6 is 0 Å². The van der Waals surface area contributed by atoms with Crippen LogP contribution in [0.3, 0.4) is 0 Å². The van der Waals surface area contributed by atoms with E-state index in [9.17, 15) is 26.4 Å². The van der Waals surface area contributed by atoms with E-state index in [-0.39, 0.29) is 17.2 Å². The molecule has 0 unspecified atom stereocenters. The maximum absolute atomic E-state index is 13.5. The second-order valence-corrected chi connectivity index (χ2v) is 15.1. The van der Waals surface area contributed by atoms with Crippen molar-refractivity contribution >= 4 is 27.4 Å². The fraction of sp³-hybridized carbons (Fsp3) is 0.531. The third-order valence-corrected chi connectivity index (χ3v) is 11.2. The Hall–Kier alpha value is -3.21. The van der Waals surface area contributed by atoms with Gasteiger partial charge in [0.05, 0.1) is 29.7 Å². The number of aryl methyl sites for hydroxylation is 1. The highest BCUT2D eigenvalue weighted by atomic mass is 32.2. The molecule has 5 rings (SSSR count). The molecular weight excluding hydrogens is 581 g/mol. The van der Waals surface area contributed by atoms with Crippen molar-refractivity contribution in [3.05, 3.63) is 64.2 Å². The van der Waals surface area contributed by atoms with E-state index in [4.69, 9.17) is 9.47 Å². The molecule has 1 saturated carbocycles. The number of carbonyl (C=O) groups excluding carboxylic acids is 1. The van der Waals surface area contributed by atoms with Gasteiger partial charge in [0.25, 0.3) is 0 Å². The molecule has 234 valence electrons. The highest BCUT2D eigenvalue weighted by Crippen LogP contribution is 2.47. The first-order valence-electron chi connectivity index (χ1n) is 14.5. The minimum atomic E-state index is -4.51. The lowest BCUT2D eigenvalue weighted by molar-refractivity contribution is -0.137. The minimum absolute atomic E-state index is 0.0554. The first-order valence-corrected chi connectivity index (χ1v) is 16.1. The molecule has 2 atom stereocenters. The van der Waals surface area contributed by atoms with E-state index in [0.717, 1.165) is 35.3 Å². The van der Waals surface area contributed by atoms with Gasteiger partial charge in [-0.3, -0.25) is 9.21 Å². The number of carbonyl (C=O) groups is 1. The number of sulfonamides is 1. The van der Waals surface area contributed by atoms with Gasteiger partial charge in [-0.1, -0.05) is 25.5 Å². The van der Waals surface area contributed by atoms with E-state index in [2.05, 4.69) is 13.8 Å². The molecule has 0 aromatic heterocycles. The Kier molecular flexibility index (Phi) is 8.03. The summed E-state index contributed by atoms with van der Waals surface area (Å²) < 4.78 is 79.4. The van der Waals surface area contributed by atoms with Crippen molar-refractivity contribution in [3.63, 3.8) is 0 Å². The lowest BCUT2D eigenvalue weighted by Gasteiger charge is -2.36. The Morgan fingerprint density at radius 1 is 1.14 bits per heavy atom. The number of hydrogen-bond acceptors (Lipinski definition) is 5. The van der Waals surface area contributed by atoms with Gasteiger partial charge in [-0.25, -0.2) is 13.2 Å². The second kappa shape index (κ2) is 11.1. The molecule has 2 fully saturated rings. The predicted molar refractivity (Wildman–Crippen MR) is 159 cm³/mol. The first-order chi connectivity index (χ1) is 20.0. The van der Waals surface area contributed by atoms with Gasteiger partial charge in [0.2, 0.25) is 10.0 Å². The van der Waals surface area contributed by atoms with Crippen LogP contribution in [0.25, 0.3) is 5.57 Å². The molecule has 1 amide bonds. The SMILES string of the molecule is COc1ccc(N(C)S(=O)(=O)C2CC2)cc1C1=C(CN2C(=O)O[C@H](c3cc(C)cc(C(F)(F)F)c3)[C@@H]2C)CC(C)(C)CC1. The molecule has 1 aliphatic heterocycles. The van der Waals surface area contributed by atoms with Gasteiger partial charge in [0.15, 0.2) is 0 Å². The minimum Gasteiger partial charge on any atom is -0.496 e. The molecule has 0 spiro atoms. The van der Waals surface area contributed by atoms with E-state index in [0.29, 0.717) is 48.2 Å². The monoisotopic (exact) mass is 620 g/mol. The third-order valence-electron chi connectivity index (χ3n) is 8.88. The normalized spacial score (nSPS) is 22.5. The van der Waals surface area contributed by atoms with Gasteiger partial charge in [0, 0.05) is 19.2 Å². The molecule has 0 bridgehead atoms. The average Bonchev–Trinajstić information content (AvgIpc) is 3.75. The largest absolute Gasteiger partial charge is 0.496 e. The van der Waals surface area contributed by atoms with Crippen molar-refractivity contribution in [1.29, 1.82) is 0 Å². The Morgan fingerprint density at radius 2 is 1.84 bits per heavy atom. The van der Waals surface area contributed by atoms with Gasteiger partial charge >= 0.3 is 12.3 Å². The summed E-state index contributed by atoms with van der Waals surface area (Å²) in [6, 6.07) is 8.60. The summed E-state index contributed by atoms with van der Waals surface area (Å²) in [5.74, 6) is 0.600. The number of anilines is 1. The average molecular weight is 621 g/mol. The summed E-state index contributed by atoms with van der Waals surface area (Å²) in [5, 5.41) is -0.357. The number of rotatable bonds is 8. The van der Waals surface area contributed by atoms with Crippen LogP contribution in [0.15, 0.2) is 42.0 Å². The van der Waals surface area contributed by atoms with E-state index >= 15 is 0 Å². The number of benzene rings is 2. The maximum Gasteiger partial charge on any atom is 0.416 e. The van der Waals surface area contributed by atoms with Crippen LogP contribution in [-0.4, -0.2) is 51.4 Å². The lowest BCUT2D eigenvalue weighted by atomic mass is 9.72. The molecule has 1 saturated heterocycles. The summed E-state index contributed by atoms with van der Waals surface area (Å²) >= 11 is 0. The number of nitrogens with zero attached hydrogens (tertiary/aromatic N) is 2. The van der Waals surface area contributed by atoms with Crippen LogP contribution < -0.4 is 9.04 Å². The summed E-state index contributed by atoms with van der Waals surface area (Å²) in [6.45, 7) is 7.93. The van der Waals surface area contributed by atoms with Gasteiger partial charge < -0.3 is 9.47 Å². The number of amides is 1. The molecule has 1 heterocycles. The third kappa shape index (κ3) is 6.23. The fourth-order valence-corrected chi connectivity index (χ4v) is 7.85. The van der Waals surface area contributed by atoms with E-state index in [1.807, 2.05) is 6.07 Å². The van der Waals surface area contributed by atoms with Crippen molar-refractivity contribution in [2.75, 3.05) is 25.0 Å². The van der Waals surface area contributed by atoms with E-state index in [1.165, 1.54) is 4.31 Å². The zero-order chi connectivity index (χ0) is 31.5. The number of methoxy groups -OCH3 is 1. The molecule has 0 N–H and O–H groups in total. The van der Waals surface area contributed by atoms with Gasteiger partial charge in [-0.15, -0.1) is 0 Å². The van der Waals surface area contributed by atoms with Crippen LogP contribution in [0.5, 0.6) is 5.75 Å². The molecule has 3 aliphatic rings. The van der Waals surface area contributed by atoms with Crippen molar-refractivity contribution in [2.45, 2.75) is 83.4 Å². The maximum atomic E-state index is 13.5. The van der Waals surface area contributed by atoms with Crippen molar-refractivity contribution < 1.29 is 35.9 Å². The molecule has 2 aromatic rings. The highest BCUT2D eigenvalue weighted by Gasteiger charge is 2.43. The smallest absolute Gasteiger partial charge is 0.416 e. The number of alkyl halides is 3. The van der Waals surface area contributed by atoms with Gasteiger partial charge in [0.1, 0.15) is 11.9 Å². The number of halogens is 3. The number of allylic oxidation sites excluding steroid dienone is 1. The predicted octanol–water partition coefficient (Wildman–Crippen LogP) is 7.50. The molecule has 2 aliphatic carbocycles. The first kappa shape index (κ1) is 31.2. The summed E-state index contributed by atoms with van der Waals surface area (Å²) in [7, 11) is -0.330. The Balaban J connectivity index is 1.51. The standard InChI is InChI=1S/C32H39F3N2O5S/c1-19-13-21(15-23(14-19)32(33,34)35)29-20(2)37(30(38)42-29)18-22-17-31(3,4)12-11-26(22)27-16-24(7-10-28(27)41-6)36(5)43(39,40)25-8-9-25/h7,10,13-16,20,25,29H,8-9,11-12,17-18H2,1-6H3/t20-,29-/m0/s1. The molecule has 0 radical (unpaired) electrons. The molecule has 11 heteroatoms. The Morgan fingerprint density at radius 3 is 2.47 bits per heavy atom. The van der Waals surface area contributed by atoms with E-state index in [1.54, 1.807) is 51.1 Å². The van der Waals surface area contributed by atoms with Gasteiger partial charge in [-0.2, -0.15) is 13.2 Å². The second-order valence-electron chi connectivity index (χ2n) is 12.8. The zero-order valence-electron chi connectivity index (χ0n) is 25.4. The van der Waals surface area contributed by atoms with Crippen LogP contribution in [0, 0.1) is 12.3 Å². The number of hydrogen-bond donors (Lipinski definition) is 0. The lowest BCUT2D eigenvalue weighted by Crippen LogP contribution is -2.35. The number of ether oxygens (including phenoxy) is 2. The molecule has 7 nitrogen and oxygen atoms in total. The summed E-state index contributed by atoms with van der Waals surface area (Å²) in [5.41, 5.74) is 3.19. The zero-order valence-corrected chi connectivity index (χ0v) is 26.2. The Labute approximate surface area is 251 Å². The van der Waals surface area contributed by atoms with Crippen LogP contribution in [-0.2, 0) is 20.9 Å². The Bertz CT molecular complexity index is 1560. The van der Waals surface area contributed by atoms with E-state index < -0.39 is 40.0 Å². The van der Waals surface area contributed by atoms with Crippen molar-refractivity contribution in [3.8, 4) is 5.75 Å². The molecule has 2 aromatic carbocycles. The van der Waals surface area contributed by atoms with Gasteiger partial charge in [-0.05, 0) is 98.4 Å². The summed E-state index contributed by atoms with van der Waals surface area (Å²) in [4.78, 5) is 14.8. The molecule has 43 heavy (non-hydrogen) atoms. The van der Waals surface area contributed by atoms with Crippen LogP contribution in [0.2, 0.25) is 0 Å². The quantitative estimate of drug-likeness (QED) is 0.306. The molecular formula is C32H39F3N2O5S. The van der Waals surface area contributed by atoms with Crippen LogP contribution in [0.1, 0.15) is 81.2 Å². The number of cyclic esters (lactones) is 1.